The van der Waals surface area contributed by atoms with Crippen molar-refractivity contribution in [2.24, 2.45) is 35.0 Å². The highest BCUT2D eigenvalue weighted by Gasteiger charge is 2.56. The summed E-state index contributed by atoms with van der Waals surface area (Å²) in [7, 11) is 0. The van der Waals surface area contributed by atoms with Crippen LogP contribution < -0.4 is 0 Å². The van der Waals surface area contributed by atoms with Crippen molar-refractivity contribution >= 4 is 0 Å². The number of hydrogen-bond acceptors (Lipinski definition) is 0. The maximum atomic E-state index is 2.53. The van der Waals surface area contributed by atoms with E-state index in [0.29, 0.717) is 5.41 Å². The molecule has 0 aliphatic heterocycles. The van der Waals surface area contributed by atoms with E-state index in [1.54, 1.807) is 0 Å². The molecule has 5 unspecified atom stereocenters. The van der Waals surface area contributed by atoms with Gasteiger partial charge >= 0.3 is 0 Å². The minimum Gasteiger partial charge on any atom is -0.0651 e. The molecule has 82 valence electrons. The molecule has 0 heterocycles. The molecule has 2 saturated carbocycles. The average molecular weight is 194 g/mol. The molecule has 0 aromatic rings. The highest BCUT2D eigenvalue weighted by molar-refractivity contribution is 5.04. The molecule has 5 atom stereocenters. The summed E-state index contributed by atoms with van der Waals surface area (Å²) in [5.41, 5.74) is 0.623. The van der Waals surface area contributed by atoms with Crippen molar-refractivity contribution in [2.45, 2.75) is 53.9 Å². The van der Waals surface area contributed by atoms with Crippen LogP contribution in [-0.2, 0) is 0 Å². The number of rotatable bonds is 1. The first kappa shape index (κ1) is 10.5. The SMILES string of the molecule is CCC1C(C)C2CCC(C)C1C2(C)C. The second-order valence-electron chi connectivity index (χ2n) is 6.44. The van der Waals surface area contributed by atoms with E-state index in [2.05, 4.69) is 34.6 Å². The van der Waals surface area contributed by atoms with Gasteiger partial charge in [-0.1, -0.05) is 47.5 Å². The molecular weight excluding hydrogens is 168 g/mol. The Balaban J connectivity index is 2.34. The van der Waals surface area contributed by atoms with Crippen molar-refractivity contribution in [3.8, 4) is 0 Å². The van der Waals surface area contributed by atoms with Gasteiger partial charge in [0, 0.05) is 0 Å². The van der Waals surface area contributed by atoms with E-state index in [9.17, 15) is 0 Å². The van der Waals surface area contributed by atoms with Gasteiger partial charge in [0.25, 0.3) is 0 Å². The normalized spacial score (nSPS) is 50.8. The van der Waals surface area contributed by atoms with Crippen molar-refractivity contribution < 1.29 is 0 Å². The lowest BCUT2D eigenvalue weighted by Gasteiger charge is -2.43. The third kappa shape index (κ3) is 1.19. The maximum Gasteiger partial charge on any atom is -0.0290 e. The average Bonchev–Trinajstić information content (AvgIpc) is 2.22. The molecule has 0 nitrogen and oxygen atoms in total. The molecule has 2 fully saturated rings. The van der Waals surface area contributed by atoms with Crippen molar-refractivity contribution in [1.82, 2.24) is 0 Å². The lowest BCUT2D eigenvalue weighted by Crippen LogP contribution is -2.36. The van der Waals surface area contributed by atoms with E-state index in [4.69, 9.17) is 0 Å². The summed E-state index contributed by atoms with van der Waals surface area (Å²) in [6.07, 6.45) is 4.37. The third-order valence-corrected chi connectivity index (χ3v) is 5.60. The van der Waals surface area contributed by atoms with Gasteiger partial charge in [-0.15, -0.1) is 0 Å². The monoisotopic (exact) mass is 194 g/mol. The molecule has 0 saturated heterocycles. The predicted molar refractivity (Wildman–Crippen MR) is 62.1 cm³/mol. The second kappa shape index (κ2) is 3.25. The van der Waals surface area contributed by atoms with Crippen LogP contribution in [0.25, 0.3) is 0 Å². The van der Waals surface area contributed by atoms with Crippen LogP contribution in [0.2, 0.25) is 0 Å². The maximum absolute atomic E-state index is 2.53. The van der Waals surface area contributed by atoms with Crippen LogP contribution in [0, 0.1) is 35.0 Å². The van der Waals surface area contributed by atoms with Gasteiger partial charge in [-0.25, -0.2) is 0 Å². The standard InChI is InChI=1S/C14H26/c1-6-11-10(3)12-8-7-9(2)13(11)14(12,4)5/h9-13H,6-8H2,1-5H3. The van der Waals surface area contributed by atoms with E-state index in [-0.39, 0.29) is 0 Å². The van der Waals surface area contributed by atoms with Crippen LogP contribution >= 0.6 is 0 Å². The smallest absolute Gasteiger partial charge is 0.0290 e. The molecule has 2 bridgehead atoms. The summed E-state index contributed by atoms with van der Waals surface area (Å²) in [4.78, 5) is 0. The lowest BCUT2D eigenvalue weighted by atomic mass is 9.62. The first-order valence-electron chi connectivity index (χ1n) is 6.50. The molecule has 14 heavy (non-hydrogen) atoms. The Morgan fingerprint density at radius 2 is 1.79 bits per heavy atom. The highest BCUT2D eigenvalue weighted by Crippen LogP contribution is 2.62. The van der Waals surface area contributed by atoms with Crippen LogP contribution in [0.1, 0.15) is 53.9 Å². The van der Waals surface area contributed by atoms with Gasteiger partial charge in [0.1, 0.15) is 0 Å². The molecule has 0 heteroatoms. The van der Waals surface area contributed by atoms with Crippen LogP contribution in [0.4, 0.5) is 0 Å². The summed E-state index contributed by atoms with van der Waals surface area (Å²) in [5.74, 6) is 4.96. The van der Waals surface area contributed by atoms with Crippen molar-refractivity contribution in [2.75, 3.05) is 0 Å². The Labute approximate surface area is 89.5 Å². The van der Waals surface area contributed by atoms with Crippen LogP contribution in [0.3, 0.4) is 0 Å². The third-order valence-electron chi connectivity index (χ3n) is 5.60. The zero-order valence-electron chi connectivity index (χ0n) is 10.5. The zero-order chi connectivity index (χ0) is 10.5. The Kier molecular flexibility index (Phi) is 2.44. The van der Waals surface area contributed by atoms with Gasteiger partial charge in [-0.2, -0.15) is 0 Å². The number of hydrogen-bond donors (Lipinski definition) is 0. The molecule has 0 spiro atoms. The van der Waals surface area contributed by atoms with E-state index < -0.39 is 0 Å². The summed E-state index contributed by atoms with van der Waals surface area (Å²) in [5, 5.41) is 0. The van der Waals surface area contributed by atoms with Gasteiger partial charge in [0.2, 0.25) is 0 Å². The first-order valence-corrected chi connectivity index (χ1v) is 6.50. The van der Waals surface area contributed by atoms with E-state index in [1.165, 1.54) is 19.3 Å². The quantitative estimate of drug-likeness (QED) is 0.582. The van der Waals surface area contributed by atoms with Crippen molar-refractivity contribution in [3.63, 3.8) is 0 Å². The van der Waals surface area contributed by atoms with Gasteiger partial charge < -0.3 is 0 Å². The molecule has 0 aromatic heterocycles. The fourth-order valence-electron chi connectivity index (χ4n) is 5.14. The van der Waals surface area contributed by atoms with E-state index in [0.717, 1.165) is 29.6 Å². The second-order valence-corrected chi connectivity index (χ2v) is 6.44. The molecule has 2 aliphatic rings. The topological polar surface area (TPSA) is 0 Å². The fourth-order valence-corrected chi connectivity index (χ4v) is 5.14. The lowest BCUT2D eigenvalue weighted by molar-refractivity contribution is 0.0605. The largest absolute Gasteiger partial charge is 0.0651 e. The highest BCUT2D eigenvalue weighted by atomic mass is 14.6. The Bertz CT molecular complexity index is 216. The van der Waals surface area contributed by atoms with Gasteiger partial charge in [-0.05, 0) is 41.4 Å². The number of fused-ring (bicyclic) bond motifs is 2. The van der Waals surface area contributed by atoms with Gasteiger partial charge in [0.05, 0.1) is 0 Å². The Hall–Kier alpha value is 0. The van der Waals surface area contributed by atoms with Crippen LogP contribution in [-0.4, -0.2) is 0 Å². The molecule has 0 N–H and O–H groups in total. The van der Waals surface area contributed by atoms with Crippen molar-refractivity contribution in [3.05, 3.63) is 0 Å². The van der Waals surface area contributed by atoms with E-state index in [1.807, 2.05) is 0 Å². The fraction of sp³-hybridized carbons (Fsp3) is 1.00. The minimum atomic E-state index is 0.623. The molecule has 0 radical (unpaired) electrons. The Morgan fingerprint density at radius 3 is 2.36 bits per heavy atom. The molecule has 0 aromatic carbocycles. The molecule has 0 amide bonds. The van der Waals surface area contributed by atoms with Crippen LogP contribution in [0.15, 0.2) is 0 Å². The molecule has 2 aliphatic carbocycles. The van der Waals surface area contributed by atoms with Crippen molar-refractivity contribution in [1.29, 1.82) is 0 Å². The summed E-state index contributed by atoms with van der Waals surface area (Å²) < 4.78 is 0. The summed E-state index contributed by atoms with van der Waals surface area (Å²) in [6, 6.07) is 0. The minimum absolute atomic E-state index is 0.623. The molecular formula is C14H26. The Morgan fingerprint density at radius 1 is 1.14 bits per heavy atom. The van der Waals surface area contributed by atoms with Gasteiger partial charge in [-0.3, -0.25) is 0 Å². The molecule has 2 rings (SSSR count). The zero-order valence-corrected chi connectivity index (χ0v) is 10.5. The summed E-state index contributed by atoms with van der Waals surface area (Å²) in [6.45, 7) is 12.5. The van der Waals surface area contributed by atoms with E-state index >= 15 is 0 Å². The predicted octanol–water partition coefficient (Wildman–Crippen LogP) is 4.35. The summed E-state index contributed by atoms with van der Waals surface area (Å²) >= 11 is 0. The van der Waals surface area contributed by atoms with Crippen LogP contribution in [0.5, 0.6) is 0 Å². The van der Waals surface area contributed by atoms with Gasteiger partial charge in [0.15, 0.2) is 0 Å². The first-order chi connectivity index (χ1) is 6.50.